The van der Waals surface area contributed by atoms with Crippen LogP contribution in [0.2, 0.25) is 0 Å². The summed E-state index contributed by atoms with van der Waals surface area (Å²) in [7, 11) is 0. The van der Waals surface area contributed by atoms with E-state index in [-0.39, 0.29) is 29.6 Å². The van der Waals surface area contributed by atoms with Crippen LogP contribution in [-0.4, -0.2) is 21.8 Å². The topological polar surface area (TPSA) is 59.9 Å². The van der Waals surface area contributed by atoms with Crippen LogP contribution in [0.5, 0.6) is 0 Å². The van der Waals surface area contributed by atoms with Crippen LogP contribution in [0.3, 0.4) is 0 Å². The second-order valence-electron chi connectivity index (χ2n) is 3.45. The van der Waals surface area contributed by atoms with Crippen molar-refractivity contribution in [3.05, 3.63) is 24.0 Å². The second kappa shape index (κ2) is 3.65. The molecule has 1 saturated carbocycles. The lowest BCUT2D eigenvalue weighted by Gasteiger charge is -1.96. The first-order valence-corrected chi connectivity index (χ1v) is 4.61. The maximum atomic E-state index is 11.5. The minimum atomic E-state index is -0.227. The molecule has 0 saturated heterocycles. The van der Waals surface area contributed by atoms with Crippen LogP contribution in [0, 0.1) is 5.92 Å². The van der Waals surface area contributed by atoms with Crippen molar-refractivity contribution >= 4 is 11.6 Å². The number of nitrogens with zero attached hydrogens (tertiary/aromatic N) is 2. The lowest BCUT2D eigenvalue weighted by atomic mass is 10.1. The van der Waals surface area contributed by atoms with Crippen molar-refractivity contribution in [2.75, 3.05) is 0 Å². The van der Waals surface area contributed by atoms with Crippen LogP contribution < -0.4 is 0 Å². The second-order valence-corrected chi connectivity index (χ2v) is 3.45. The van der Waals surface area contributed by atoms with E-state index in [2.05, 4.69) is 10.2 Å². The third kappa shape index (κ3) is 2.02. The molecule has 1 aromatic heterocycles. The van der Waals surface area contributed by atoms with Gasteiger partial charge in [0.25, 0.3) is 0 Å². The minimum Gasteiger partial charge on any atom is -0.299 e. The number of hydrogen-bond acceptors (Lipinski definition) is 4. The van der Waals surface area contributed by atoms with E-state index in [0.717, 1.165) is 12.8 Å². The van der Waals surface area contributed by atoms with Crippen molar-refractivity contribution in [2.24, 2.45) is 5.92 Å². The summed E-state index contributed by atoms with van der Waals surface area (Å²) in [5, 5.41) is 7.25. The molecule has 1 heterocycles. The summed E-state index contributed by atoms with van der Waals surface area (Å²) >= 11 is 0. The van der Waals surface area contributed by atoms with Gasteiger partial charge in [-0.3, -0.25) is 9.59 Å². The number of ketones is 2. The Kier molecular flexibility index (Phi) is 2.35. The molecule has 0 N–H and O–H groups in total. The highest BCUT2D eigenvalue weighted by Crippen LogP contribution is 2.31. The first-order chi connectivity index (χ1) is 6.77. The van der Waals surface area contributed by atoms with Gasteiger partial charge >= 0.3 is 0 Å². The van der Waals surface area contributed by atoms with Crippen molar-refractivity contribution in [1.29, 1.82) is 0 Å². The molecule has 14 heavy (non-hydrogen) atoms. The Morgan fingerprint density at radius 3 is 2.79 bits per heavy atom. The summed E-state index contributed by atoms with van der Waals surface area (Å²) in [6.45, 7) is 0. The third-order valence-corrected chi connectivity index (χ3v) is 2.23. The first-order valence-electron chi connectivity index (χ1n) is 4.61. The molecule has 4 heteroatoms. The van der Waals surface area contributed by atoms with Crippen LogP contribution in [-0.2, 0) is 4.79 Å². The number of carbonyl (C=O) groups excluding carboxylic acids is 2. The summed E-state index contributed by atoms with van der Waals surface area (Å²) < 4.78 is 0. The van der Waals surface area contributed by atoms with Gasteiger partial charge in [-0.1, -0.05) is 0 Å². The molecule has 0 bridgehead atoms. The van der Waals surface area contributed by atoms with Gasteiger partial charge in [0.2, 0.25) is 0 Å². The lowest BCUT2D eigenvalue weighted by Crippen LogP contribution is -2.11. The first kappa shape index (κ1) is 8.99. The summed E-state index contributed by atoms with van der Waals surface area (Å²) in [5.41, 5.74) is 0.279. The van der Waals surface area contributed by atoms with Gasteiger partial charge in [0.15, 0.2) is 5.78 Å². The molecular formula is C10H10N2O2. The smallest absolute Gasteiger partial charge is 0.190 e. The SMILES string of the molecule is O=C(CC(=O)C1CC1)c1cccnn1. The van der Waals surface area contributed by atoms with E-state index < -0.39 is 0 Å². The number of carbonyl (C=O) groups is 2. The zero-order valence-electron chi connectivity index (χ0n) is 7.64. The number of rotatable bonds is 4. The molecule has 0 radical (unpaired) electrons. The molecule has 0 spiro atoms. The Hall–Kier alpha value is -1.58. The van der Waals surface area contributed by atoms with Gasteiger partial charge in [0, 0.05) is 12.1 Å². The van der Waals surface area contributed by atoms with E-state index in [1.807, 2.05) is 0 Å². The summed E-state index contributed by atoms with van der Waals surface area (Å²) in [4.78, 5) is 22.8. The minimum absolute atomic E-state index is 0.0244. The third-order valence-electron chi connectivity index (χ3n) is 2.23. The van der Waals surface area contributed by atoms with Crippen molar-refractivity contribution < 1.29 is 9.59 Å². The average molecular weight is 190 g/mol. The fourth-order valence-corrected chi connectivity index (χ4v) is 1.25. The Morgan fingerprint density at radius 1 is 1.43 bits per heavy atom. The van der Waals surface area contributed by atoms with E-state index in [1.54, 1.807) is 12.1 Å². The van der Waals surface area contributed by atoms with Crippen molar-refractivity contribution in [3.8, 4) is 0 Å². The van der Waals surface area contributed by atoms with Crippen LogP contribution in [0.1, 0.15) is 29.8 Å². The van der Waals surface area contributed by atoms with E-state index in [9.17, 15) is 9.59 Å². The van der Waals surface area contributed by atoms with Crippen LogP contribution in [0.25, 0.3) is 0 Å². The van der Waals surface area contributed by atoms with Gasteiger partial charge < -0.3 is 0 Å². The molecule has 1 aromatic rings. The van der Waals surface area contributed by atoms with Gasteiger partial charge in [-0.25, -0.2) is 0 Å². The highest BCUT2D eigenvalue weighted by atomic mass is 16.1. The van der Waals surface area contributed by atoms with Gasteiger partial charge in [-0.15, -0.1) is 5.10 Å². The van der Waals surface area contributed by atoms with Crippen molar-refractivity contribution in [1.82, 2.24) is 10.2 Å². The van der Waals surface area contributed by atoms with Gasteiger partial charge in [-0.2, -0.15) is 5.10 Å². The maximum absolute atomic E-state index is 11.5. The van der Waals surface area contributed by atoms with Gasteiger partial charge in [0.05, 0.1) is 6.42 Å². The molecule has 1 aliphatic rings. The molecular weight excluding hydrogens is 180 g/mol. The van der Waals surface area contributed by atoms with Crippen LogP contribution in [0.4, 0.5) is 0 Å². The monoisotopic (exact) mass is 190 g/mol. The van der Waals surface area contributed by atoms with Crippen molar-refractivity contribution in [3.63, 3.8) is 0 Å². The molecule has 0 aromatic carbocycles. The highest BCUT2D eigenvalue weighted by molar-refractivity contribution is 6.07. The maximum Gasteiger partial charge on any atom is 0.190 e. The Labute approximate surface area is 81.3 Å². The normalized spacial score (nSPS) is 15.1. The predicted molar refractivity (Wildman–Crippen MR) is 48.7 cm³/mol. The van der Waals surface area contributed by atoms with E-state index >= 15 is 0 Å². The molecule has 1 fully saturated rings. The van der Waals surface area contributed by atoms with E-state index in [1.165, 1.54) is 6.20 Å². The zero-order chi connectivity index (χ0) is 9.97. The lowest BCUT2D eigenvalue weighted by molar-refractivity contribution is -0.119. The fourth-order valence-electron chi connectivity index (χ4n) is 1.25. The van der Waals surface area contributed by atoms with Crippen LogP contribution in [0.15, 0.2) is 18.3 Å². The molecule has 0 unspecified atom stereocenters. The largest absolute Gasteiger partial charge is 0.299 e. The molecule has 0 atom stereocenters. The van der Waals surface area contributed by atoms with Gasteiger partial charge in [0.1, 0.15) is 11.5 Å². The quantitative estimate of drug-likeness (QED) is 0.525. The highest BCUT2D eigenvalue weighted by Gasteiger charge is 2.30. The van der Waals surface area contributed by atoms with Crippen molar-refractivity contribution in [2.45, 2.75) is 19.3 Å². The summed E-state index contributed by atoms with van der Waals surface area (Å²) in [6, 6.07) is 3.22. The molecule has 0 amide bonds. The number of Topliss-reactive ketones (excluding diaryl/α,β-unsaturated/α-hetero) is 2. The zero-order valence-corrected chi connectivity index (χ0v) is 7.64. The molecule has 2 rings (SSSR count). The molecule has 4 nitrogen and oxygen atoms in total. The standard InChI is InChI=1S/C10H10N2O2/c13-9(7-3-4-7)6-10(14)8-2-1-5-11-12-8/h1-2,5,7H,3-4,6H2. The average Bonchev–Trinajstić information content (AvgIpc) is 3.02. The van der Waals surface area contributed by atoms with Gasteiger partial charge in [-0.05, 0) is 25.0 Å². The number of hydrogen-bond donors (Lipinski definition) is 0. The Balaban J connectivity index is 1.98. The summed E-state index contributed by atoms with van der Waals surface area (Å²) in [5.74, 6) is -0.0497. The predicted octanol–water partition coefficient (Wildman–Crippen LogP) is 1.03. The van der Waals surface area contributed by atoms with E-state index in [4.69, 9.17) is 0 Å². The molecule has 1 aliphatic carbocycles. The Morgan fingerprint density at radius 2 is 2.21 bits per heavy atom. The van der Waals surface area contributed by atoms with Crippen LogP contribution >= 0.6 is 0 Å². The Bertz CT molecular complexity index is 358. The van der Waals surface area contributed by atoms with E-state index in [0.29, 0.717) is 0 Å². The molecule has 0 aliphatic heterocycles. The number of aromatic nitrogens is 2. The summed E-state index contributed by atoms with van der Waals surface area (Å²) in [6.07, 6.45) is 3.35. The fraction of sp³-hybridized carbons (Fsp3) is 0.400. The molecule has 72 valence electrons.